The summed E-state index contributed by atoms with van der Waals surface area (Å²) in [5.41, 5.74) is 6.01. The van der Waals surface area contributed by atoms with E-state index in [0.717, 1.165) is 44.6 Å². The van der Waals surface area contributed by atoms with Gasteiger partial charge in [0.2, 0.25) is 0 Å². The highest BCUT2D eigenvalue weighted by Crippen LogP contribution is 2.38. The molecule has 0 aliphatic heterocycles. The highest BCUT2D eigenvalue weighted by Gasteiger charge is 2.24. The summed E-state index contributed by atoms with van der Waals surface area (Å²) in [6, 6.07) is 26.9. The number of aromatic amines is 1. The van der Waals surface area contributed by atoms with E-state index in [1.807, 2.05) is 54.6 Å². The van der Waals surface area contributed by atoms with E-state index in [1.165, 1.54) is 11.2 Å². The van der Waals surface area contributed by atoms with Crippen molar-refractivity contribution in [3.63, 3.8) is 0 Å². The summed E-state index contributed by atoms with van der Waals surface area (Å²) in [4.78, 5) is 40.4. The summed E-state index contributed by atoms with van der Waals surface area (Å²) < 4.78 is 7.77. The fourth-order valence-electron chi connectivity index (χ4n) is 5.71. The Morgan fingerprint density at radius 3 is 2.40 bits per heavy atom. The SMILES string of the molecule is CC(C)c1cc(-c2cccc(OCCn3cncn3)c2)cc(C(C)C)c1NC(=O)N(Cc1ccccc1)c1cc2cccnc2[nH]c1=O. The Labute approximate surface area is 279 Å². The predicted molar refractivity (Wildman–Crippen MR) is 190 cm³/mol. The Bertz CT molecular complexity index is 2040. The van der Waals surface area contributed by atoms with Crippen LogP contribution in [0.2, 0.25) is 0 Å². The standard InChI is InChI=1S/C38H39N7O3/c1-25(2)32-19-30(28-12-8-14-31(18-28)48-17-16-44-24-39-23-41-44)20-33(26(3)4)35(32)42-38(47)45(22-27-10-6-5-7-11-27)34-21-29-13-9-15-40-36(29)43-37(34)46/h5-15,18-21,23-26H,16-17,22H2,1-4H3,(H,42,47)(H,40,43,46). The van der Waals surface area contributed by atoms with Crippen LogP contribution in [-0.2, 0) is 13.1 Å². The highest BCUT2D eigenvalue weighted by molar-refractivity contribution is 6.03. The number of fused-ring (bicyclic) bond motifs is 1. The number of benzene rings is 3. The van der Waals surface area contributed by atoms with E-state index in [0.29, 0.717) is 18.8 Å². The van der Waals surface area contributed by atoms with Crippen LogP contribution >= 0.6 is 0 Å². The first kappa shape index (κ1) is 32.2. The topological polar surface area (TPSA) is 118 Å². The van der Waals surface area contributed by atoms with Gasteiger partial charge in [0.05, 0.1) is 13.1 Å². The maximum absolute atomic E-state index is 14.4. The normalized spacial score (nSPS) is 11.3. The number of nitrogens with zero attached hydrogens (tertiary/aromatic N) is 5. The average Bonchev–Trinajstić information content (AvgIpc) is 3.61. The number of ether oxygens (including phenoxy) is 1. The third-order valence-corrected chi connectivity index (χ3v) is 8.21. The zero-order valence-corrected chi connectivity index (χ0v) is 27.6. The number of carbonyl (C=O) groups excluding carboxylic acids is 1. The number of H-pyrrole nitrogens is 1. The van der Waals surface area contributed by atoms with Gasteiger partial charge in [0.1, 0.15) is 36.3 Å². The number of amides is 2. The molecule has 10 heteroatoms. The van der Waals surface area contributed by atoms with E-state index in [1.54, 1.807) is 29.3 Å². The molecule has 3 aromatic heterocycles. The van der Waals surface area contributed by atoms with Gasteiger partial charge >= 0.3 is 6.03 Å². The van der Waals surface area contributed by atoms with Gasteiger partial charge in [0.15, 0.2) is 0 Å². The smallest absolute Gasteiger partial charge is 0.326 e. The van der Waals surface area contributed by atoms with E-state index in [2.05, 4.69) is 71.3 Å². The molecule has 0 saturated carbocycles. The third kappa shape index (κ3) is 7.28. The molecular weight excluding hydrogens is 602 g/mol. The van der Waals surface area contributed by atoms with Gasteiger partial charge in [-0.25, -0.2) is 19.4 Å². The van der Waals surface area contributed by atoms with Gasteiger partial charge in [-0.3, -0.25) is 9.69 Å². The Balaban J connectivity index is 1.35. The molecule has 0 radical (unpaired) electrons. The third-order valence-electron chi connectivity index (χ3n) is 8.21. The molecule has 2 N–H and O–H groups in total. The van der Waals surface area contributed by atoms with Crippen LogP contribution in [0.3, 0.4) is 0 Å². The molecule has 0 aliphatic rings. The van der Waals surface area contributed by atoms with Crippen LogP contribution in [0.5, 0.6) is 5.75 Å². The van der Waals surface area contributed by atoms with E-state index in [9.17, 15) is 9.59 Å². The van der Waals surface area contributed by atoms with Crippen LogP contribution in [0.25, 0.3) is 22.2 Å². The molecule has 6 aromatic rings. The van der Waals surface area contributed by atoms with Gasteiger partial charge in [-0.15, -0.1) is 0 Å². The highest BCUT2D eigenvalue weighted by atomic mass is 16.5. The van der Waals surface area contributed by atoms with Crippen molar-refractivity contribution in [3.05, 3.63) is 131 Å². The lowest BCUT2D eigenvalue weighted by Crippen LogP contribution is -2.38. The molecular formula is C38H39N7O3. The fourth-order valence-corrected chi connectivity index (χ4v) is 5.71. The number of rotatable bonds is 11. The molecule has 3 heterocycles. The second kappa shape index (κ2) is 14.3. The summed E-state index contributed by atoms with van der Waals surface area (Å²) in [7, 11) is 0. The molecule has 0 atom stereocenters. The summed E-state index contributed by atoms with van der Waals surface area (Å²) >= 11 is 0. The van der Waals surface area contributed by atoms with Gasteiger partial charge in [-0.05, 0) is 82.1 Å². The number of hydrogen-bond acceptors (Lipinski definition) is 6. The van der Waals surface area contributed by atoms with Crippen molar-refractivity contribution in [3.8, 4) is 16.9 Å². The molecule has 244 valence electrons. The summed E-state index contributed by atoms with van der Waals surface area (Å²) in [6.07, 6.45) is 4.80. The number of anilines is 2. The number of aromatic nitrogens is 5. The van der Waals surface area contributed by atoms with Gasteiger partial charge < -0.3 is 15.0 Å². The number of pyridine rings is 2. The lowest BCUT2D eigenvalue weighted by atomic mass is 9.88. The Morgan fingerprint density at radius 2 is 1.69 bits per heavy atom. The van der Waals surface area contributed by atoms with Gasteiger partial charge in [-0.2, -0.15) is 5.10 Å². The Hall–Kier alpha value is -5.77. The summed E-state index contributed by atoms with van der Waals surface area (Å²) in [5, 5.41) is 8.11. The van der Waals surface area contributed by atoms with Crippen LogP contribution in [-0.4, -0.2) is 37.4 Å². The minimum Gasteiger partial charge on any atom is -0.492 e. The van der Waals surface area contributed by atoms with E-state index in [-0.39, 0.29) is 29.6 Å². The van der Waals surface area contributed by atoms with E-state index in [4.69, 9.17) is 4.74 Å². The minimum absolute atomic E-state index is 0.0950. The average molecular weight is 642 g/mol. The maximum Gasteiger partial charge on any atom is 0.326 e. The lowest BCUT2D eigenvalue weighted by Gasteiger charge is -2.27. The van der Waals surface area contributed by atoms with Crippen molar-refractivity contribution in [2.45, 2.75) is 52.6 Å². The molecule has 3 aromatic carbocycles. The van der Waals surface area contributed by atoms with Crippen molar-refractivity contribution in [2.75, 3.05) is 16.8 Å². The van der Waals surface area contributed by atoms with Gasteiger partial charge in [0.25, 0.3) is 5.56 Å². The first-order valence-corrected chi connectivity index (χ1v) is 16.1. The zero-order chi connectivity index (χ0) is 33.6. The van der Waals surface area contributed by atoms with Crippen LogP contribution in [0, 0.1) is 0 Å². The van der Waals surface area contributed by atoms with Crippen LogP contribution in [0.1, 0.15) is 56.2 Å². The second-order valence-corrected chi connectivity index (χ2v) is 12.3. The van der Waals surface area contributed by atoms with Gasteiger partial charge in [-0.1, -0.05) is 70.2 Å². The van der Waals surface area contributed by atoms with E-state index < -0.39 is 6.03 Å². The second-order valence-electron chi connectivity index (χ2n) is 12.3. The van der Waals surface area contributed by atoms with Crippen LogP contribution in [0.4, 0.5) is 16.2 Å². The monoisotopic (exact) mass is 641 g/mol. The molecule has 0 spiro atoms. The number of nitrogens with one attached hydrogen (secondary N) is 2. The molecule has 0 aliphatic carbocycles. The van der Waals surface area contributed by atoms with Crippen molar-refractivity contribution in [1.82, 2.24) is 24.7 Å². The fraction of sp³-hybridized carbons (Fsp3) is 0.237. The quantitative estimate of drug-likeness (QED) is 0.149. The largest absolute Gasteiger partial charge is 0.492 e. The molecule has 0 saturated heterocycles. The summed E-state index contributed by atoms with van der Waals surface area (Å²) in [5.74, 6) is 0.949. The molecule has 10 nitrogen and oxygen atoms in total. The molecule has 2 amide bonds. The number of urea groups is 1. The molecule has 0 unspecified atom stereocenters. The van der Waals surface area contributed by atoms with Crippen molar-refractivity contribution < 1.29 is 9.53 Å². The molecule has 0 fully saturated rings. The summed E-state index contributed by atoms with van der Waals surface area (Å²) in [6.45, 7) is 9.73. The Kier molecular flexibility index (Phi) is 9.61. The number of carbonyl (C=O) groups is 1. The van der Waals surface area contributed by atoms with E-state index >= 15 is 0 Å². The molecule has 48 heavy (non-hydrogen) atoms. The first-order valence-electron chi connectivity index (χ1n) is 16.1. The number of hydrogen-bond donors (Lipinski definition) is 2. The van der Waals surface area contributed by atoms with Gasteiger partial charge in [0, 0.05) is 17.3 Å². The maximum atomic E-state index is 14.4. The van der Waals surface area contributed by atoms with Crippen molar-refractivity contribution in [2.24, 2.45) is 0 Å². The van der Waals surface area contributed by atoms with Crippen LogP contribution in [0.15, 0.2) is 109 Å². The first-order chi connectivity index (χ1) is 23.3. The predicted octanol–water partition coefficient (Wildman–Crippen LogP) is 7.75. The van der Waals surface area contributed by atoms with Crippen molar-refractivity contribution in [1.29, 1.82) is 0 Å². The lowest BCUT2D eigenvalue weighted by molar-refractivity contribution is 0.256. The van der Waals surface area contributed by atoms with Crippen LogP contribution < -0.4 is 20.5 Å². The van der Waals surface area contributed by atoms with Crippen molar-refractivity contribution >= 4 is 28.4 Å². The zero-order valence-electron chi connectivity index (χ0n) is 27.6. The minimum atomic E-state index is -0.396. The Morgan fingerprint density at radius 1 is 0.917 bits per heavy atom. The molecule has 0 bridgehead atoms. The molecule has 6 rings (SSSR count).